The molecule has 0 spiro atoms. The molecule has 0 radical (unpaired) electrons. The third-order valence-electron chi connectivity index (χ3n) is 3.94. The molecule has 2 aromatic rings. The van der Waals surface area contributed by atoms with E-state index in [0.29, 0.717) is 31.3 Å². The fourth-order valence-electron chi connectivity index (χ4n) is 2.64. The second-order valence-corrected chi connectivity index (χ2v) is 5.54. The minimum atomic E-state index is -0.561. The monoisotopic (exact) mass is 347 g/mol. The number of ether oxygens (including phenoxy) is 3. The SMILES string of the molecule is COc1ccc(O[C@@H]2CCN(C(=O)c3ccc(OC)c(F)c3)C2)nn1. The van der Waals surface area contributed by atoms with Crippen LogP contribution in [0.1, 0.15) is 16.8 Å². The van der Waals surface area contributed by atoms with E-state index < -0.39 is 5.82 Å². The molecule has 2 heterocycles. The van der Waals surface area contributed by atoms with Crippen LogP contribution in [0.2, 0.25) is 0 Å². The summed E-state index contributed by atoms with van der Waals surface area (Å²) < 4.78 is 29.3. The smallest absolute Gasteiger partial charge is 0.254 e. The minimum Gasteiger partial charge on any atom is -0.494 e. The highest BCUT2D eigenvalue weighted by Gasteiger charge is 2.29. The molecule has 0 N–H and O–H groups in total. The van der Waals surface area contributed by atoms with Gasteiger partial charge in [-0.15, -0.1) is 10.2 Å². The average Bonchev–Trinajstić information content (AvgIpc) is 3.10. The number of carbonyl (C=O) groups is 1. The number of hydrogen-bond acceptors (Lipinski definition) is 6. The van der Waals surface area contributed by atoms with Crippen LogP contribution >= 0.6 is 0 Å². The lowest BCUT2D eigenvalue weighted by atomic mass is 10.2. The van der Waals surface area contributed by atoms with Crippen molar-refractivity contribution in [3.05, 3.63) is 41.7 Å². The fourth-order valence-corrected chi connectivity index (χ4v) is 2.64. The number of nitrogens with zero attached hydrogens (tertiary/aromatic N) is 3. The lowest BCUT2D eigenvalue weighted by Gasteiger charge is -2.17. The van der Waals surface area contributed by atoms with Crippen molar-refractivity contribution >= 4 is 5.91 Å². The number of halogens is 1. The van der Waals surface area contributed by atoms with Gasteiger partial charge in [0.25, 0.3) is 5.91 Å². The van der Waals surface area contributed by atoms with Crippen LogP contribution in [-0.4, -0.2) is 54.4 Å². The van der Waals surface area contributed by atoms with E-state index >= 15 is 0 Å². The van der Waals surface area contributed by atoms with E-state index in [1.165, 1.54) is 26.4 Å². The highest BCUT2D eigenvalue weighted by Crippen LogP contribution is 2.22. The van der Waals surface area contributed by atoms with Gasteiger partial charge in [-0.3, -0.25) is 4.79 Å². The topological polar surface area (TPSA) is 73.8 Å². The average molecular weight is 347 g/mol. The molecule has 0 unspecified atom stereocenters. The molecule has 1 amide bonds. The fraction of sp³-hybridized carbons (Fsp3) is 0.353. The molecule has 1 aromatic carbocycles. The molecule has 7 nitrogen and oxygen atoms in total. The number of likely N-dealkylation sites (tertiary alicyclic amines) is 1. The molecule has 1 aromatic heterocycles. The van der Waals surface area contributed by atoms with Crippen molar-refractivity contribution < 1.29 is 23.4 Å². The maximum absolute atomic E-state index is 13.8. The van der Waals surface area contributed by atoms with Crippen molar-refractivity contribution in [3.63, 3.8) is 0 Å². The number of aromatic nitrogens is 2. The number of carbonyl (C=O) groups excluding carboxylic acids is 1. The summed E-state index contributed by atoms with van der Waals surface area (Å²) >= 11 is 0. The predicted octanol–water partition coefficient (Wildman–Crippen LogP) is 1.93. The first-order chi connectivity index (χ1) is 12.1. The Morgan fingerprint density at radius 3 is 2.56 bits per heavy atom. The maximum atomic E-state index is 13.8. The van der Waals surface area contributed by atoms with Crippen molar-refractivity contribution in [3.8, 4) is 17.5 Å². The molecular formula is C17H18FN3O4. The Labute approximate surface area is 144 Å². The third-order valence-corrected chi connectivity index (χ3v) is 3.94. The van der Waals surface area contributed by atoms with Crippen LogP contribution in [0, 0.1) is 5.82 Å². The molecular weight excluding hydrogens is 329 g/mol. The first-order valence-electron chi connectivity index (χ1n) is 7.78. The van der Waals surface area contributed by atoms with E-state index in [9.17, 15) is 9.18 Å². The molecule has 132 valence electrons. The summed E-state index contributed by atoms with van der Waals surface area (Å²) in [6.45, 7) is 0.931. The van der Waals surface area contributed by atoms with E-state index in [2.05, 4.69) is 10.2 Å². The largest absolute Gasteiger partial charge is 0.494 e. The van der Waals surface area contributed by atoms with Crippen LogP contribution in [0.25, 0.3) is 0 Å². The molecule has 0 aliphatic carbocycles. The third kappa shape index (κ3) is 3.78. The standard InChI is InChI=1S/C17H18FN3O4/c1-23-14-4-3-11(9-13(14)18)17(22)21-8-7-12(10-21)25-16-6-5-15(24-2)19-20-16/h3-6,9,12H,7-8,10H2,1-2H3/t12-/m1/s1. The van der Waals surface area contributed by atoms with Crippen molar-refractivity contribution in [2.45, 2.75) is 12.5 Å². The Morgan fingerprint density at radius 2 is 1.92 bits per heavy atom. The zero-order chi connectivity index (χ0) is 17.8. The Morgan fingerprint density at radius 1 is 1.16 bits per heavy atom. The highest BCUT2D eigenvalue weighted by molar-refractivity contribution is 5.94. The number of methoxy groups -OCH3 is 2. The van der Waals surface area contributed by atoms with Gasteiger partial charge in [0.05, 0.1) is 20.8 Å². The van der Waals surface area contributed by atoms with E-state index in [-0.39, 0.29) is 23.3 Å². The van der Waals surface area contributed by atoms with Crippen LogP contribution in [0.5, 0.6) is 17.5 Å². The normalized spacial score (nSPS) is 16.6. The predicted molar refractivity (Wildman–Crippen MR) is 86.5 cm³/mol. The first-order valence-corrected chi connectivity index (χ1v) is 7.78. The summed E-state index contributed by atoms with van der Waals surface area (Å²) in [5.74, 6) is 0.0762. The Balaban J connectivity index is 1.61. The van der Waals surface area contributed by atoms with Crippen LogP contribution in [-0.2, 0) is 0 Å². The zero-order valence-corrected chi connectivity index (χ0v) is 13.9. The molecule has 1 aliphatic heterocycles. The first kappa shape index (κ1) is 16.9. The van der Waals surface area contributed by atoms with Gasteiger partial charge in [0.15, 0.2) is 11.6 Å². The summed E-state index contributed by atoms with van der Waals surface area (Å²) in [6.07, 6.45) is 0.479. The lowest BCUT2D eigenvalue weighted by Crippen LogP contribution is -2.31. The Kier molecular flexibility index (Phi) is 4.97. The molecule has 25 heavy (non-hydrogen) atoms. The molecule has 1 fully saturated rings. The van der Waals surface area contributed by atoms with E-state index in [1.54, 1.807) is 23.1 Å². The zero-order valence-electron chi connectivity index (χ0n) is 13.9. The number of amides is 1. The molecule has 0 saturated carbocycles. The maximum Gasteiger partial charge on any atom is 0.254 e. The lowest BCUT2D eigenvalue weighted by molar-refractivity contribution is 0.0770. The Hall–Kier alpha value is -2.90. The minimum absolute atomic E-state index is 0.109. The van der Waals surface area contributed by atoms with Crippen molar-refractivity contribution in [1.29, 1.82) is 0 Å². The van der Waals surface area contributed by atoms with Crippen molar-refractivity contribution in [2.24, 2.45) is 0 Å². The van der Waals surface area contributed by atoms with Crippen molar-refractivity contribution in [1.82, 2.24) is 15.1 Å². The molecule has 1 atom stereocenters. The molecule has 0 bridgehead atoms. The van der Waals surface area contributed by atoms with Crippen LogP contribution < -0.4 is 14.2 Å². The second-order valence-electron chi connectivity index (χ2n) is 5.54. The van der Waals surface area contributed by atoms with Crippen LogP contribution in [0.4, 0.5) is 4.39 Å². The van der Waals surface area contributed by atoms with Crippen molar-refractivity contribution in [2.75, 3.05) is 27.3 Å². The van der Waals surface area contributed by atoms with Gasteiger partial charge in [-0.05, 0) is 18.2 Å². The molecule has 1 aliphatic rings. The van der Waals surface area contributed by atoms with Gasteiger partial charge in [-0.25, -0.2) is 4.39 Å². The van der Waals surface area contributed by atoms with Crippen LogP contribution in [0.15, 0.2) is 30.3 Å². The summed E-state index contributed by atoms with van der Waals surface area (Å²) in [5, 5.41) is 7.74. The number of benzene rings is 1. The highest BCUT2D eigenvalue weighted by atomic mass is 19.1. The molecule has 8 heteroatoms. The summed E-state index contributed by atoms with van der Waals surface area (Å²) in [4.78, 5) is 14.1. The van der Waals surface area contributed by atoms with Gasteiger partial charge >= 0.3 is 0 Å². The number of hydrogen-bond donors (Lipinski definition) is 0. The van der Waals surface area contributed by atoms with Gasteiger partial charge in [-0.2, -0.15) is 0 Å². The molecule has 1 saturated heterocycles. The summed E-state index contributed by atoms with van der Waals surface area (Å²) in [7, 11) is 2.89. The van der Waals surface area contributed by atoms with E-state index in [1.807, 2.05) is 0 Å². The van der Waals surface area contributed by atoms with Gasteiger partial charge in [0.2, 0.25) is 11.8 Å². The second kappa shape index (κ2) is 7.33. The number of rotatable bonds is 5. The van der Waals surface area contributed by atoms with E-state index in [0.717, 1.165) is 0 Å². The van der Waals surface area contributed by atoms with Gasteiger partial charge in [0.1, 0.15) is 6.10 Å². The van der Waals surface area contributed by atoms with E-state index in [4.69, 9.17) is 14.2 Å². The van der Waals surface area contributed by atoms with Crippen LogP contribution in [0.3, 0.4) is 0 Å². The van der Waals surface area contributed by atoms with Gasteiger partial charge in [-0.1, -0.05) is 0 Å². The van der Waals surface area contributed by atoms with Gasteiger partial charge in [0, 0.05) is 30.7 Å². The quantitative estimate of drug-likeness (QED) is 0.823. The molecule has 3 rings (SSSR count). The summed E-state index contributed by atoms with van der Waals surface area (Å²) in [5.41, 5.74) is 0.281. The Bertz CT molecular complexity index is 754. The summed E-state index contributed by atoms with van der Waals surface area (Å²) in [6, 6.07) is 7.49. The van der Waals surface area contributed by atoms with Gasteiger partial charge < -0.3 is 19.1 Å².